The van der Waals surface area contributed by atoms with Gasteiger partial charge in [-0.3, -0.25) is 0 Å². The van der Waals surface area contributed by atoms with Gasteiger partial charge < -0.3 is 14.6 Å². The molecule has 0 radical (unpaired) electrons. The second-order valence-electron chi connectivity index (χ2n) is 8.87. The molecule has 1 heterocycles. The van der Waals surface area contributed by atoms with Crippen molar-refractivity contribution in [2.45, 2.75) is 51.1 Å². The molecule has 7 nitrogen and oxygen atoms in total. The molecule has 0 spiro atoms. The number of hydrogen-bond donors (Lipinski definition) is 1. The summed E-state index contributed by atoms with van der Waals surface area (Å²) in [6.45, 7) is 6.74. The smallest absolute Gasteiger partial charge is 0.154 e. The summed E-state index contributed by atoms with van der Waals surface area (Å²) in [6, 6.07) is 17.5. The van der Waals surface area contributed by atoms with Crippen molar-refractivity contribution in [3.05, 3.63) is 83.4 Å². The minimum atomic E-state index is -3.20. The van der Waals surface area contributed by atoms with Crippen LogP contribution in [-0.4, -0.2) is 42.5 Å². The minimum Gasteiger partial charge on any atom is -0.491 e. The van der Waals surface area contributed by atoms with Gasteiger partial charge in [0.25, 0.3) is 0 Å². The molecule has 0 aliphatic rings. The summed E-state index contributed by atoms with van der Waals surface area (Å²) < 4.78 is 34.4. The van der Waals surface area contributed by atoms with Crippen LogP contribution in [0, 0.1) is 0 Å². The summed E-state index contributed by atoms with van der Waals surface area (Å²) in [7, 11) is -3.20. The molecule has 8 heteroatoms. The fourth-order valence-corrected chi connectivity index (χ4v) is 4.00. The maximum absolute atomic E-state index is 11.5. The van der Waals surface area contributed by atoms with E-state index in [-0.39, 0.29) is 30.2 Å². The Morgan fingerprint density at radius 2 is 1.50 bits per heavy atom. The summed E-state index contributed by atoms with van der Waals surface area (Å²) in [6.07, 6.45) is 2.90. The summed E-state index contributed by atoms with van der Waals surface area (Å²) >= 11 is 0. The van der Waals surface area contributed by atoms with Gasteiger partial charge >= 0.3 is 0 Å². The molecule has 182 valence electrons. The van der Waals surface area contributed by atoms with Crippen LogP contribution in [0.15, 0.2) is 60.8 Å². The van der Waals surface area contributed by atoms with Crippen LogP contribution in [0.25, 0.3) is 0 Å². The number of rotatable bonds is 11. The van der Waals surface area contributed by atoms with E-state index in [1.165, 1.54) is 0 Å². The molecular weight excluding hydrogens is 452 g/mol. The van der Waals surface area contributed by atoms with Crippen molar-refractivity contribution in [3.8, 4) is 11.5 Å². The van der Waals surface area contributed by atoms with Gasteiger partial charge in [0, 0.05) is 17.9 Å². The highest BCUT2D eigenvalue weighted by atomic mass is 32.2. The Kier molecular flexibility index (Phi) is 8.28. The van der Waals surface area contributed by atoms with Gasteiger partial charge in [0.2, 0.25) is 0 Å². The molecule has 1 atom stereocenters. The Balaban J connectivity index is 1.62. The van der Waals surface area contributed by atoms with Gasteiger partial charge in [-0.25, -0.2) is 18.4 Å². The first kappa shape index (κ1) is 25.6. The number of aromatic nitrogens is 2. The lowest BCUT2D eigenvalue weighted by molar-refractivity contribution is 0.104. The van der Waals surface area contributed by atoms with Crippen LogP contribution < -0.4 is 9.47 Å². The first-order valence-corrected chi connectivity index (χ1v) is 13.3. The van der Waals surface area contributed by atoms with Gasteiger partial charge in [0.15, 0.2) is 9.84 Å². The number of hydrogen-bond acceptors (Lipinski definition) is 7. The van der Waals surface area contributed by atoms with Crippen LogP contribution in [0.4, 0.5) is 0 Å². The van der Waals surface area contributed by atoms with Crippen molar-refractivity contribution in [1.82, 2.24) is 9.97 Å². The van der Waals surface area contributed by atoms with E-state index in [0.29, 0.717) is 17.9 Å². The summed E-state index contributed by atoms with van der Waals surface area (Å²) in [5.74, 6) is 1.50. The van der Waals surface area contributed by atoms with Crippen molar-refractivity contribution < 1.29 is 23.0 Å². The zero-order chi connectivity index (χ0) is 24.8. The molecule has 2 aromatic carbocycles. The van der Waals surface area contributed by atoms with Crippen LogP contribution in [0.1, 0.15) is 49.8 Å². The molecule has 1 aromatic heterocycles. The lowest BCUT2D eigenvalue weighted by atomic mass is 9.78. The molecule has 0 saturated carbocycles. The largest absolute Gasteiger partial charge is 0.491 e. The molecule has 0 bridgehead atoms. The van der Waals surface area contributed by atoms with E-state index in [0.717, 1.165) is 23.1 Å². The second kappa shape index (κ2) is 11.0. The minimum absolute atomic E-state index is 0.196. The van der Waals surface area contributed by atoms with E-state index in [1.54, 1.807) is 12.3 Å². The highest BCUT2D eigenvalue weighted by Crippen LogP contribution is 2.33. The lowest BCUT2D eigenvalue weighted by Gasteiger charge is -2.26. The fourth-order valence-electron chi connectivity index (χ4n) is 3.40. The molecular formula is C26H32N2O5S. The molecule has 0 aliphatic carbocycles. The standard InChI is InChI=1S/C26H32N2O5S/c1-5-22(29)17-33-24-12-8-20(9-13-24)26(2,3)19-6-10-23(11-7-19)32-16-21-14-15-27-25(28-21)18-34(4,30)31/h6-15,22,29H,5,16-18H2,1-4H3/t22-/m1/s1. The van der Waals surface area contributed by atoms with Crippen molar-refractivity contribution in [3.63, 3.8) is 0 Å². The number of aliphatic hydroxyl groups excluding tert-OH is 1. The van der Waals surface area contributed by atoms with Gasteiger partial charge in [-0.1, -0.05) is 45.0 Å². The Bertz CT molecular complexity index is 1180. The van der Waals surface area contributed by atoms with Crippen molar-refractivity contribution >= 4 is 9.84 Å². The molecule has 0 aliphatic heterocycles. The van der Waals surface area contributed by atoms with Gasteiger partial charge in [0.05, 0.1) is 11.8 Å². The normalized spacial score (nSPS) is 12.9. The van der Waals surface area contributed by atoms with E-state index >= 15 is 0 Å². The predicted octanol–water partition coefficient (Wildman–Crippen LogP) is 4.08. The average Bonchev–Trinajstić information content (AvgIpc) is 2.81. The monoisotopic (exact) mass is 484 g/mol. The highest BCUT2D eigenvalue weighted by molar-refractivity contribution is 7.89. The van der Waals surface area contributed by atoms with E-state index in [1.807, 2.05) is 55.5 Å². The van der Waals surface area contributed by atoms with Crippen molar-refractivity contribution in [1.29, 1.82) is 0 Å². The Morgan fingerprint density at radius 1 is 0.941 bits per heavy atom. The highest BCUT2D eigenvalue weighted by Gasteiger charge is 2.23. The molecule has 3 rings (SSSR count). The van der Waals surface area contributed by atoms with Crippen LogP contribution >= 0.6 is 0 Å². The maximum Gasteiger partial charge on any atom is 0.154 e. The van der Waals surface area contributed by atoms with Gasteiger partial charge in [0.1, 0.15) is 36.3 Å². The number of sulfone groups is 1. The fraction of sp³-hybridized carbons (Fsp3) is 0.385. The second-order valence-corrected chi connectivity index (χ2v) is 11.0. The summed E-state index contributed by atoms with van der Waals surface area (Å²) in [5.41, 5.74) is 2.66. The predicted molar refractivity (Wildman–Crippen MR) is 132 cm³/mol. The Hall–Kier alpha value is -2.97. The summed E-state index contributed by atoms with van der Waals surface area (Å²) in [4.78, 5) is 8.27. The van der Waals surface area contributed by atoms with E-state index < -0.39 is 15.9 Å². The Morgan fingerprint density at radius 3 is 2.03 bits per heavy atom. The lowest BCUT2D eigenvalue weighted by Crippen LogP contribution is -2.19. The third-order valence-electron chi connectivity index (χ3n) is 5.61. The van der Waals surface area contributed by atoms with E-state index in [4.69, 9.17) is 9.47 Å². The van der Waals surface area contributed by atoms with E-state index in [2.05, 4.69) is 23.8 Å². The van der Waals surface area contributed by atoms with Crippen LogP contribution in [0.5, 0.6) is 11.5 Å². The first-order valence-electron chi connectivity index (χ1n) is 11.2. The molecule has 0 amide bonds. The molecule has 34 heavy (non-hydrogen) atoms. The number of ether oxygens (including phenoxy) is 2. The van der Waals surface area contributed by atoms with Gasteiger partial charge in [-0.2, -0.15) is 0 Å². The molecule has 0 fully saturated rings. The average molecular weight is 485 g/mol. The summed E-state index contributed by atoms with van der Waals surface area (Å²) in [5, 5.41) is 9.67. The van der Waals surface area contributed by atoms with Gasteiger partial charge in [-0.05, 0) is 47.9 Å². The van der Waals surface area contributed by atoms with Crippen molar-refractivity contribution in [2.24, 2.45) is 0 Å². The maximum atomic E-state index is 11.5. The third kappa shape index (κ3) is 7.27. The van der Waals surface area contributed by atoms with Gasteiger partial charge in [-0.15, -0.1) is 0 Å². The molecule has 1 N–H and O–H groups in total. The third-order valence-corrected chi connectivity index (χ3v) is 6.39. The number of aliphatic hydroxyl groups is 1. The van der Waals surface area contributed by atoms with Crippen LogP contribution in [0.2, 0.25) is 0 Å². The van der Waals surface area contributed by atoms with Crippen molar-refractivity contribution in [2.75, 3.05) is 12.9 Å². The quantitative estimate of drug-likeness (QED) is 0.438. The zero-order valence-electron chi connectivity index (χ0n) is 20.1. The molecule has 0 unspecified atom stereocenters. The zero-order valence-corrected chi connectivity index (χ0v) is 20.9. The first-order chi connectivity index (χ1) is 16.1. The Labute approximate surface area is 201 Å². The SMILES string of the molecule is CC[C@@H](O)COc1ccc(C(C)(C)c2ccc(OCc3ccnc(CS(C)(=O)=O)n3)cc2)cc1. The molecule has 3 aromatic rings. The number of benzene rings is 2. The van der Waals surface area contributed by atoms with Crippen LogP contribution in [0.3, 0.4) is 0 Å². The topological polar surface area (TPSA) is 98.6 Å². The van der Waals surface area contributed by atoms with Crippen LogP contribution in [-0.2, 0) is 27.6 Å². The molecule has 0 saturated heterocycles. The van der Waals surface area contributed by atoms with E-state index in [9.17, 15) is 13.5 Å². The number of nitrogens with zero attached hydrogens (tertiary/aromatic N) is 2.